The molecule has 2 bridgehead atoms. The minimum Gasteiger partial charge on any atom is -0.345 e. The topological polar surface area (TPSA) is 20.3 Å². The number of amides is 1. The molecule has 0 radical (unpaired) electrons. The van der Waals surface area contributed by atoms with Crippen LogP contribution in [-0.2, 0) is 0 Å². The fourth-order valence-electron chi connectivity index (χ4n) is 3.88. The second kappa shape index (κ2) is 4.42. The summed E-state index contributed by atoms with van der Waals surface area (Å²) in [5.41, 5.74) is 2.21. The van der Waals surface area contributed by atoms with Gasteiger partial charge in [0.2, 0.25) is 0 Å². The van der Waals surface area contributed by atoms with E-state index in [0.29, 0.717) is 5.92 Å². The van der Waals surface area contributed by atoms with E-state index in [1.54, 1.807) is 4.90 Å². The van der Waals surface area contributed by atoms with Gasteiger partial charge in [-0.05, 0) is 48.6 Å². The zero-order chi connectivity index (χ0) is 12.7. The Labute approximate surface area is 109 Å². The van der Waals surface area contributed by atoms with Gasteiger partial charge in [0.15, 0.2) is 0 Å². The fraction of sp³-hybridized carbons (Fsp3) is 0.562. The van der Waals surface area contributed by atoms with Crippen LogP contribution in [0.15, 0.2) is 24.3 Å². The van der Waals surface area contributed by atoms with Crippen molar-refractivity contribution in [3.8, 4) is 0 Å². The third kappa shape index (κ3) is 1.84. The van der Waals surface area contributed by atoms with Gasteiger partial charge in [-0.3, -0.25) is 4.79 Å². The Morgan fingerprint density at radius 1 is 1.17 bits per heavy atom. The summed E-state index contributed by atoms with van der Waals surface area (Å²) in [7, 11) is 3.67. The van der Waals surface area contributed by atoms with Crippen LogP contribution >= 0.6 is 0 Å². The smallest absolute Gasteiger partial charge is 0.253 e. The van der Waals surface area contributed by atoms with Gasteiger partial charge < -0.3 is 4.90 Å². The summed E-state index contributed by atoms with van der Waals surface area (Å²) in [6.07, 6.45) is 5.45. The molecule has 1 amide bonds. The zero-order valence-corrected chi connectivity index (χ0v) is 11.2. The molecule has 3 atom stereocenters. The fourth-order valence-corrected chi connectivity index (χ4v) is 3.88. The summed E-state index contributed by atoms with van der Waals surface area (Å²) >= 11 is 0. The Balaban J connectivity index is 1.95. The quantitative estimate of drug-likeness (QED) is 0.780. The van der Waals surface area contributed by atoms with Crippen LogP contribution in [0.5, 0.6) is 0 Å². The predicted octanol–water partition coefficient (Wildman–Crippen LogP) is 3.29. The molecule has 2 fully saturated rings. The van der Waals surface area contributed by atoms with Crippen LogP contribution in [0.25, 0.3) is 0 Å². The first-order chi connectivity index (χ1) is 8.66. The van der Waals surface area contributed by atoms with Gasteiger partial charge in [-0.1, -0.05) is 24.6 Å². The lowest BCUT2D eigenvalue weighted by atomic mass is 9.81. The lowest BCUT2D eigenvalue weighted by Crippen LogP contribution is -2.24. The monoisotopic (exact) mass is 243 g/mol. The average Bonchev–Trinajstić information content (AvgIpc) is 3.00. The van der Waals surface area contributed by atoms with E-state index in [0.717, 1.165) is 17.4 Å². The molecule has 0 saturated heterocycles. The first-order valence-corrected chi connectivity index (χ1v) is 6.97. The van der Waals surface area contributed by atoms with Crippen LogP contribution in [0.2, 0.25) is 0 Å². The molecule has 2 saturated carbocycles. The molecule has 0 aliphatic heterocycles. The molecule has 1 aromatic rings. The van der Waals surface area contributed by atoms with E-state index in [9.17, 15) is 4.79 Å². The van der Waals surface area contributed by atoms with Crippen LogP contribution in [0.3, 0.4) is 0 Å². The minimum absolute atomic E-state index is 0.147. The van der Waals surface area contributed by atoms with E-state index in [1.807, 2.05) is 26.2 Å². The molecular weight excluding hydrogens is 222 g/mol. The molecule has 0 spiro atoms. The molecule has 96 valence electrons. The molecule has 3 rings (SSSR count). The van der Waals surface area contributed by atoms with Crippen molar-refractivity contribution < 1.29 is 4.79 Å². The molecule has 2 aliphatic carbocycles. The highest BCUT2D eigenvalue weighted by Gasteiger charge is 2.41. The van der Waals surface area contributed by atoms with Gasteiger partial charge in [-0.2, -0.15) is 0 Å². The molecule has 0 N–H and O–H groups in total. The van der Waals surface area contributed by atoms with E-state index in [-0.39, 0.29) is 5.91 Å². The number of hydrogen-bond acceptors (Lipinski definition) is 1. The lowest BCUT2D eigenvalue weighted by Gasteiger charge is -2.25. The van der Waals surface area contributed by atoms with Gasteiger partial charge in [0.1, 0.15) is 0 Å². The molecule has 0 heterocycles. The van der Waals surface area contributed by atoms with Gasteiger partial charge in [0.25, 0.3) is 5.91 Å². The van der Waals surface area contributed by atoms with Crippen LogP contribution in [0, 0.1) is 11.8 Å². The number of rotatable bonds is 2. The molecule has 0 aromatic heterocycles. The lowest BCUT2D eigenvalue weighted by molar-refractivity contribution is 0.0825. The van der Waals surface area contributed by atoms with Crippen molar-refractivity contribution in [1.82, 2.24) is 4.90 Å². The first kappa shape index (κ1) is 11.8. The summed E-state index contributed by atoms with van der Waals surface area (Å²) in [6, 6.07) is 8.22. The second-order valence-corrected chi connectivity index (χ2v) is 6.07. The summed E-state index contributed by atoms with van der Waals surface area (Å²) in [5, 5.41) is 0. The largest absolute Gasteiger partial charge is 0.345 e. The van der Waals surface area contributed by atoms with Crippen molar-refractivity contribution in [3.05, 3.63) is 35.4 Å². The summed E-state index contributed by atoms with van der Waals surface area (Å²) in [6.45, 7) is 0. The van der Waals surface area contributed by atoms with Crippen molar-refractivity contribution in [2.45, 2.75) is 31.6 Å². The Bertz CT molecular complexity index is 466. The number of carbonyl (C=O) groups excluding carboxylic acids is 1. The third-order valence-corrected chi connectivity index (χ3v) is 4.73. The zero-order valence-electron chi connectivity index (χ0n) is 11.2. The summed E-state index contributed by atoms with van der Waals surface area (Å²) in [5.74, 6) is 2.52. The van der Waals surface area contributed by atoms with Gasteiger partial charge in [-0.15, -0.1) is 0 Å². The highest BCUT2D eigenvalue weighted by molar-refractivity contribution is 5.95. The van der Waals surface area contributed by atoms with Gasteiger partial charge in [0.05, 0.1) is 0 Å². The van der Waals surface area contributed by atoms with Crippen molar-refractivity contribution in [3.63, 3.8) is 0 Å². The normalized spacial score (nSPS) is 29.6. The van der Waals surface area contributed by atoms with Crippen LogP contribution in [0.1, 0.15) is 47.5 Å². The van der Waals surface area contributed by atoms with Crippen molar-refractivity contribution in [1.29, 1.82) is 0 Å². The maximum Gasteiger partial charge on any atom is 0.253 e. The van der Waals surface area contributed by atoms with Crippen molar-refractivity contribution in [2.75, 3.05) is 14.1 Å². The maximum absolute atomic E-state index is 12.3. The molecule has 2 heteroatoms. The number of benzene rings is 1. The minimum atomic E-state index is 0.147. The van der Waals surface area contributed by atoms with Gasteiger partial charge >= 0.3 is 0 Å². The van der Waals surface area contributed by atoms with E-state index in [2.05, 4.69) is 12.1 Å². The van der Waals surface area contributed by atoms with E-state index >= 15 is 0 Å². The van der Waals surface area contributed by atoms with Crippen LogP contribution in [-0.4, -0.2) is 24.9 Å². The summed E-state index contributed by atoms with van der Waals surface area (Å²) in [4.78, 5) is 13.9. The SMILES string of the molecule is CN(C)C(=O)c1ccccc1C1CC2CCC1C2. The summed E-state index contributed by atoms with van der Waals surface area (Å²) < 4.78 is 0. The van der Waals surface area contributed by atoms with E-state index in [1.165, 1.54) is 31.2 Å². The number of hydrogen-bond donors (Lipinski definition) is 0. The average molecular weight is 243 g/mol. The Kier molecular flexibility index (Phi) is 2.89. The number of carbonyl (C=O) groups is 1. The van der Waals surface area contributed by atoms with Crippen molar-refractivity contribution in [2.24, 2.45) is 11.8 Å². The standard InChI is InChI=1S/C16H21NO/c1-17(2)16(18)14-6-4-3-5-13(14)15-10-11-7-8-12(15)9-11/h3-6,11-12,15H,7-10H2,1-2H3. The Morgan fingerprint density at radius 2 is 1.94 bits per heavy atom. The van der Waals surface area contributed by atoms with E-state index in [4.69, 9.17) is 0 Å². The molecule has 2 nitrogen and oxygen atoms in total. The predicted molar refractivity (Wildman–Crippen MR) is 72.6 cm³/mol. The highest BCUT2D eigenvalue weighted by Crippen LogP contribution is 2.53. The highest BCUT2D eigenvalue weighted by atomic mass is 16.2. The first-order valence-electron chi connectivity index (χ1n) is 6.97. The van der Waals surface area contributed by atoms with E-state index < -0.39 is 0 Å². The van der Waals surface area contributed by atoms with Crippen LogP contribution in [0.4, 0.5) is 0 Å². The van der Waals surface area contributed by atoms with Crippen molar-refractivity contribution >= 4 is 5.91 Å². The second-order valence-electron chi connectivity index (χ2n) is 6.07. The number of fused-ring (bicyclic) bond motifs is 2. The molecular formula is C16H21NO. The maximum atomic E-state index is 12.3. The van der Waals surface area contributed by atoms with Crippen LogP contribution < -0.4 is 0 Å². The molecule has 3 unspecified atom stereocenters. The Hall–Kier alpha value is -1.31. The van der Waals surface area contributed by atoms with Gasteiger partial charge in [0, 0.05) is 19.7 Å². The molecule has 1 aromatic carbocycles. The third-order valence-electron chi connectivity index (χ3n) is 4.73. The molecule has 18 heavy (non-hydrogen) atoms. The van der Waals surface area contributed by atoms with Gasteiger partial charge in [-0.25, -0.2) is 0 Å². The number of nitrogens with zero attached hydrogens (tertiary/aromatic N) is 1. The molecule has 2 aliphatic rings. The Morgan fingerprint density at radius 3 is 2.56 bits per heavy atom.